The van der Waals surface area contributed by atoms with Gasteiger partial charge in [0, 0.05) is 30.2 Å². The molecule has 0 radical (unpaired) electrons. The summed E-state index contributed by atoms with van der Waals surface area (Å²) in [6.07, 6.45) is 0. The Hall–Kier alpha value is -4.26. The Morgan fingerprint density at radius 2 is 1.61 bits per heavy atom. The quantitative estimate of drug-likeness (QED) is 0.121. The van der Waals surface area contributed by atoms with Gasteiger partial charge in [-0.05, 0) is 59.7 Å². The van der Waals surface area contributed by atoms with Crippen LogP contribution in [0.4, 0.5) is 15.8 Å². The van der Waals surface area contributed by atoms with Crippen LogP contribution in [0.5, 0.6) is 0 Å². The maximum Gasteiger partial charge on any atom is 0.293 e. The summed E-state index contributed by atoms with van der Waals surface area (Å²) in [6, 6.07) is 24.9. The fourth-order valence-corrected chi connectivity index (χ4v) is 5.97. The predicted octanol–water partition coefficient (Wildman–Crippen LogP) is 5.74. The summed E-state index contributed by atoms with van der Waals surface area (Å²) in [6.45, 7) is 0.689. The Morgan fingerprint density at radius 3 is 2.22 bits per heavy atom. The van der Waals surface area contributed by atoms with E-state index in [0.717, 1.165) is 16.5 Å². The second-order valence-corrected chi connectivity index (χ2v) is 11.9. The van der Waals surface area contributed by atoms with Crippen LogP contribution < -0.4 is 10.0 Å². The number of amides is 1. The van der Waals surface area contributed by atoms with Gasteiger partial charge in [0.2, 0.25) is 0 Å². The molecule has 9 nitrogen and oxygen atoms in total. The fraction of sp³-hybridized carbons (Fsp3) is 0.138. The van der Waals surface area contributed by atoms with Crippen LogP contribution in [-0.4, -0.2) is 44.8 Å². The number of nitrogens with one attached hydrogen (secondary N) is 2. The highest BCUT2D eigenvalue weighted by molar-refractivity contribution is 8.00. The Morgan fingerprint density at radius 1 is 0.976 bits per heavy atom. The number of methoxy groups -OCH3 is 1. The Kier molecular flexibility index (Phi) is 9.71. The van der Waals surface area contributed by atoms with Gasteiger partial charge in [-0.15, -0.1) is 11.8 Å². The molecule has 0 aliphatic heterocycles. The van der Waals surface area contributed by atoms with Crippen LogP contribution >= 0.6 is 11.8 Å². The average molecular weight is 596 g/mol. The van der Waals surface area contributed by atoms with E-state index in [0.29, 0.717) is 18.7 Å². The van der Waals surface area contributed by atoms with Crippen molar-refractivity contribution >= 4 is 39.1 Å². The molecule has 0 saturated heterocycles. The van der Waals surface area contributed by atoms with E-state index in [2.05, 4.69) is 5.32 Å². The number of rotatable bonds is 12. The minimum atomic E-state index is -4.43. The number of ether oxygens (including phenoxy) is 1. The van der Waals surface area contributed by atoms with Crippen LogP contribution in [0.2, 0.25) is 0 Å². The van der Waals surface area contributed by atoms with Crippen molar-refractivity contribution in [2.75, 3.05) is 25.6 Å². The lowest BCUT2D eigenvalue weighted by Gasteiger charge is -2.17. The first kappa shape index (κ1) is 29.7. The molecule has 0 fully saturated rings. The third-order valence-corrected chi connectivity index (χ3v) is 8.46. The minimum Gasteiger partial charge on any atom is -0.383 e. The third kappa shape index (κ3) is 7.91. The smallest absolute Gasteiger partial charge is 0.293 e. The number of nitro benzene ring substituents is 1. The van der Waals surface area contributed by atoms with Crippen LogP contribution in [0.15, 0.2) is 107 Å². The molecular formula is C29H26FN3O6S2. The number of sulfonamides is 1. The van der Waals surface area contributed by atoms with Gasteiger partial charge in [0.1, 0.15) is 11.5 Å². The van der Waals surface area contributed by atoms with E-state index in [1.165, 1.54) is 36.4 Å². The summed E-state index contributed by atoms with van der Waals surface area (Å²) >= 11 is 1.54. The number of halogens is 1. The summed E-state index contributed by atoms with van der Waals surface area (Å²) < 4.78 is 46.3. The summed E-state index contributed by atoms with van der Waals surface area (Å²) in [5.41, 5.74) is 1.17. The maximum atomic E-state index is 13.2. The Balaban J connectivity index is 1.46. The molecule has 0 spiro atoms. The lowest BCUT2D eigenvalue weighted by atomic mass is 10.0. The molecule has 4 aromatic rings. The van der Waals surface area contributed by atoms with E-state index >= 15 is 0 Å². The first-order valence-electron chi connectivity index (χ1n) is 12.3. The number of nitrogens with zero attached hydrogens (tertiary/aromatic N) is 1. The zero-order chi connectivity index (χ0) is 29.4. The monoisotopic (exact) mass is 595 g/mol. The molecular weight excluding hydrogens is 569 g/mol. The second kappa shape index (κ2) is 13.4. The summed E-state index contributed by atoms with van der Waals surface area (Å²) in [5.74, 6) is -1.28. The predicted molar refractivity (Wildman–Crippen MR) is 156 cm³/mol. The summed E-state index contributed by atoms with van der Waals surface area (Å²) in [7, 11) is -2.86. The molecule has 12 heteroatoms. The van der Waals surface area contributed by atoms with Gasteiger partial charge in [0.05, 0.1) is 21.7 Å². The van der Waals surface area contributed by atoms with Gasteiger partial charge in [-0.1, -0.05) is 42.5 Å². The van der Waals surface area contributed by atoms with E-state index < -0.39 is 31.4 Å². The highest BCUT2D eigenvalue weighted by atomic mass is 32.2. The lowest BCUT2D eigenvalue weighted by Crippen LogP contribution is -2.30. The van der Waals surface area contributed by atoms with Gasteiger partial charge in [0.25, 0.3) is 21.6 Å². The molecule has 41 heavy (non-hydrogen) atoms. The number of carbonyl (C=O) groups is 1. The molecule has 1 unspecified atom stereocenters. The topological polar surface area (TPSA) is 128 Å². The number of carbonyl (C=O) groups excluding carboxylic acids is 1. The van der Waals surface area contributed by atoms with Crippen molar-refractivity contribution in [1.82, 2.24) is 4.72 Å². The van der Waals surface area contributed by atoms with Crippen molar-refractivity contribution in [2.45, 2.75) is 15.0 Å². The van der Waals surface area contributed by atoms with E-state index in [9.17, 15) is 27.7 Å². The number of thioether (sulfide) groups is 1. The normalized spacial score (nSPS) is 12.0. The van der Waals surface area contributed by atoms with Crippen LogP contribution in [0.3, 0.4) is 0 Å². The van der Waals surface area contributed by atoms with Crippen molar-refractivity contribution in [1.29, 1.82) is 0 Å². The molecule has 1 atom stereocenters. The molecule has 0 aromatic heterocycles. The minimum absolute atomic E-state index is 0.0623. The van der Waals surface area contributed by atoms with E-state index in [1.807, 2.05) is 35.1 Å². The van der Waals surface area contributed by atoms with Gasteiger partial charge >= 0.3 is 0 Å². The first-order chi connectivity index (χ1) is 19.7. The van der Waals surface area contributed by atoms with Crippen LogP contribution in [0.25, 0.3) is 11.1 Å². The summed E-state index contributed by atoms with van der Waals surface area (Å²) in [5, 5.41) is 14.7. The maximum absolute atomic E-state index is 13.2. The number of anilines is 1. The van der Waals surface area contributed by atoms with Gasteiger partial charge < -0.3 is 10.1 Å². The molecule has 0 aliphatic carbocycles. The molecule has 0 saturated carbocycles. The average Bonchev–Trinajstić information content (AvgIpc) is 2.96. The standard InChI is InChI=1S/C29H26FN3O6S2/c1-39-19-25(40-24-5-3-2-4-6-24)18-31-27-16-15-26(17-28(27)33(35)36)41(37,38)32-29(34)22-9-7-20(8-10-22)21-11-13-23(30)14-12-21/h2-17,25,31H,18-19H2,1H3,(H,32,34). The van der Waals surface area contributed by atoms with E-state index in [1.54, 1.807) is 43.1 Å². The van der Waals surface area contributed by atoms with Crippen molar-refractivity contribution in [3.05, 3.63) is 119 Å². The zero-order valence-corrected chi connectivity index (χ0v) is 23.5. The number of hydrogen-bond acceptors (Lipinski definition) is 8. The van der Waals surface area contributed by atoms with E-state index in [4.69, 9.17) is 4.74 Å². The SMILES string of the molecule is COCC(CNc1ccc(S(=O)(=O)NC(=O)c2ccc(-c3ccc(F)cc3)cc2)cc1[N+](=O)[O-])Sc1ccccc1. The lowest BCUT2D eigenvalue weighted by molar-refractivity contribution is -0.384. The van der Waals surface area contributed by atoms with E-state index in [-0.39, 0.29) is 22.3 Å². The largest absolute Gasteiger partial charge is 0.383 e. The molecule has 4 rings (SSSR count). The molecule has 0 aliphatic rings. The first-order valence-corrected chi connectivity index (χ1v) is 14.7. The fourth-order valence-electron chi connectivity index (χ4n) is 3.91. The number of benzene rings is 4. The van der Waals surface area contributed by atoms with Crippen molar-refractivity contribution in [2.24, 2.45) is 0 Å². The highest BCUT2D eigenvalue weighted by Gasteiger charge is 2.24. The number of nitro groups is 1. The zero-order valence-electron chi connectivity index (χ0n) is 21.8. The molecule has 2 N–H and O–H groups in total. The number of hydrogen-bond donors (Lipinski definition) is 2. The molecule has 1 amide bonds. The summed E-state index contributed by atoms with van der Waals surface area (Å²) in [4.78, 5) is 24.4. The molecule has 4 aromatic carbocycles. The molecule has 0 heterocycles. The van der Waals surface area contributed by atoms with Crippen molar-refractivity contribution in [3.63, 3.8) is 0 Å². The molecule has 212 valence electrons. The van der Waals surface area contributed by atoms with Crippen molar-refractivity contribution in [3.8, 4) is 11.1 Å². The van der Waals surface area contributed by atoms with Gasteiger partial charge in [0.15, 0.2) is 0 Å². The van der Waals surface area contributed by atoms with Gasteiger partial charge in [-0.2, -0.15) is 0 Å². The highest BCUT2D eigenvalue weighted by Crippen LogP contribution is 2.30. The van der Waals surface area contributed by atoms with Crippen LogP contribution in [0, 0.1) is 15.9 Å². The van der Waals surface area contributed by atoms with Crippen LogP contribution in [0.1, 0.15) is 10.4 Å². The van der Waals surface area contributed by atoms with Gasteiger partial charge in [-0.25, -0.2) is 17.5 Å². The molecule has 0 bridgehead atoms. The van der Waals surface area contributed by atoms with Gasteiger partial charge in [-0.3, -0.25) is 14.9 Å². The Labute approximate surface area is 241 Å². The Bertz CT molecular complexity index is 1620. The third-order valence-electron chi connectivity index (χ3n) is 5.95. The second-order valence-electron chi connectivity index (χ2n) is 8.84. The van der Waals surface area contributed by atoms with Crippen molar-refractivity contribution < 1.29 is 27.3 Å². The van der Waals surface area contributed by atoms with Crippen LogP contribution in [-0.2, 0) is 14.8 Å².